The lowest BCUT2D eigenvalue weighted by atomic mass is 10.2. The molecule has 0 aliphatic rings. The fraction of sp³-hybridized carbons (Fsp3) is 0.167. The Morgan fingerprint density at radius 1 is 1.19 bits per heavy atom. The number of hydrogen-bond donors (Lipinski definition) is 0. The average Bonchev–Trinajstić information content (AvgIpc) is 3.07. The molecule has 136 valence electrons. The molecule has 4 rings (SSSR count). The number of para-hydroxylation sites is 1. The molecule has 0 aliphatic heterocycles. The second-order valence-electron chi connectivity index (χ2n) is 5.76. The highest BCUT2D eigenvalue weighted by Crippen LogP contribution is 2.24. The van der Waals surface area contributed by atoms with Crippen molar-refractivity contribution in [2.24, 2.45) is 0 Å². The van der Waals surface area contributed by atoms with Gasteiger partial charge in [0, 0.05) is 17.2 Å². The summed E-state index contributed by atoms with van der Waals surface area (Å²) >= 11 is 1.50. The summed E-state index contributed by atoms with van der Waals surface area (Å²) in [5, 5.41) is 16.9. The summed E-state index contributed by atoms with van der Waals surface area (Å²) in [5.74, 6) is 1.77. The van der Waals surface area contributed by atoms with Crippen LogP contribution in [0.3, 0.4) is 0 Å². The molecule has 0 saturated heterocycles. The lowest BCUT2D eigenvalue weighted by Crippen LogP contribution is -2.04. The van der Waals surface area contributed by atoms with Crippen LogP contribution in [0.25, 0.3) is 16.6 Å². The first-order chi connectivity index (χ1) is 13.1. The lowest BCUT2D eigenvalue weighted by molar-refractivity contribution is -0.384. The molecule has 8 nitrogen and oxygen atoms in total. The first-order valence-corrected chi connectivity index (χ1v) is 9.22. The fourth-order valence-corrected chi connectivity index (χ4v) is 3.47. The zero-order valence-corrected chi connectivity index (χ0v) is 15.2. The molecule has 4 aromatic rings. The maximum atomic E-state index is 10.8. The number of ether oxygens (including phenoxy) is 1. The van der Waals surface area contributed by atoms with Gasteiger partial charge in [-0.2, -0.15) is 4.52 Å². The Bertz CT molecular complexity index is 1140. The van der Waals surface area contributed by atoms with Crippen LogP contribution in [0.5, 0.6) is 5.75 Å². The van der Waals surface area contributed by atoms with Gasteiger partial charge in [-0.15, -0.1) is 5.10 Å². The minimum Gasteiger partial charge on any atom is -0.492 e. The minimum absolute atomic E-state index is 0.0103. The van der Waals surface area contributed by atoms with E-state index in [1.54, 1.807) is 16.6 Å². The van der Waals surface area contributed by atoms with Gasteiger partial charge >= 0.3 is 0 Å². The van der Waals surface area contributed by atoms with E-state index in [-0.39, 0.29) is 5.69 Å². The van der Waals surface area contributed by atoms with E-state index in [9.17, 15) is 10.1 Å². The predicted molar refractivity (Wildman–Crippen MR) is 102 cm³/mol. The number of non-ortho nitro benzene ring substituents is 1. The lowest BCUT2D eigenvalue weighted by Gasteiger charge is -2.07. The van der Waals surface area contributed by atoms with Crippen LogP contribution in [0, 0.1) is 17.0 Å². The van der Waals surface area contributed by atoms with Crippen molar-refractivity contribution in [2.45, 2.75) is 12.1 Å². The minimum atomic E-state index is -0.440. The normalized spacial score (nSPS) is 11.1. The Labute approximate surface area is 158 Å². The number of thioether (sulfide) groups is 1. The molecule has 0 unspecified atom stereocenters. The number of nitrogens with zero attached hydrogens (tertiary/aromatic N) is 5. The second kappa shape index (κ2) is 7.20. The van der Waals surface area contributed by atoms with Crippen molar-refractivity contribution in [1.82, 2.24) is 19.6 Å². The Balaban J connectivity index is 1.50. The molecule has 0 spiro atoms. The van der Waals surface area contributed by atoms with E-state index in [1.807, 2.05) is 31.2 Å². The van der Waals surface area contributed by atoms with Gasteiger partial charge in [0.2, 0.25) is 0 Å². The van der Waals surface area contributed by atoms with Crippen molar-refractivity contribution in [3.05, 3.63) is 64.5 Å². The van der Waals surface area contributed by atoms with E-state index in [2.05, 4.69) is 15.1 Å². The van der Waals surface area contributed by atoms with Crippen molar-refractivity contribution in [3.8, 4) is 5.75 Å². The third-order valence-corrected chi connectivity index (χ3v) is 4.76. The predicted octanol–water partition coefficient (Wildman–Crippen LogP) is 3.67. The Morgan fingerprint density at radius 3 is 2.89 bits per heavy atom. The number of rotatable bonds is 6. The quantitative estimate of drug-likeness (QED) is 0.165. The third kappa shape index (κ3) is 3.54. The van der Waals surface area contributed by atoms with Crippen LogP contribution in [0.2, 0.25) is 0 Å². The number of nitro groups is 1. The van der Waals surface area contributed by atoms with Crippen LogP contribution in [-0.2, 0) is 0 Å². The molecular weight excluding hydrogens is 366 g/mol. The van der Waals surface area contributed by atoms with Gasteiger partial charge < -0.3 is 4.74 Å². The van der Waals surface area contributed by atoms with Gasteiger partial charge in [-0.05, 0) is 25.1 Å². The maximum absolute atomic E-state index is 10.8. The molecule has 0 atom stereocenters. The van der Waals surface area contributed by atoms with Crippen molar-refractivity contribution in [1.29, 1.82) is 0 Å². The van der Waals surface area contributed by atoms with E-state index in [4.69, 9.17) is 4.74 Å². The molecule has 0 radical (unpaired) electrons. The number of nitro benzene ring substituents is 1. The molecule has 0 aliphatic carbocycles. The van der Waals surface area contributed by atoms with Gasteiger partial charge in [-0.25, -0.2) is 9.97 Å². The number of hydrogen-bond acceptors (Lipinski definition) is 7. The van der Waals surface area contributed by atoms with Crippen molar-refractivity contribution in [3.63, 3.8) is 0 Å². The highest BCUT2D eigenvalue weighted by molar-refractivity contribution is 7.99. The van der Waals surface area contributed by atoms with E-state index in [0.717, 1.165) is 21.7 Å². The molecule has 0 amide bonds. The zero-order valence-electron chi connectivity index (χ0n) is 14.4. The van der Waals surface area contributed by atoms with E-state index >= 15 is 0 Å². The molecule has 0 saturated carbocycles. The monoisotopic (exact) mass is 381 g/mol. The van der Waals surface area contributed by atoms with Crippen LogP contribution in [0.15, 0.2) is 53.7 Å². The highest BCUT2D eigenvalue weighted by atomic mass is 32.2. The Morgan fingerprint density at radius 2 is 2.04 bits per heavy atom. The van der Waals surface area contributed by atoms with E-state index in [1.165, 1.54) is 23.9 Å². The van der Waals surface area contributed by atoms with Crippen LogP contribution < -0.4 is 4.74 Å². The summed E-state index contributed by atoms with van der Waals surface area (Å²) < 4.78 is 7.37. The summed E-state index contributed by atoms with van der Waals surface area (Å²) in [7, 11) is 0. The van der Waals surface area contributed by atoms with Crippen LogP contribution in [0.4, 0.5) is 5.69 Å². The van der Waals surface area contributed by atoms with Crippen molar-refractivity contribution in [2.75, 3.05) is 12.4 Å². The first-order valence-electron chi connectivity index (χ1n) is 8.24. The van der Waals surface area contributed by atoms with Gasteiger partial charge in [0.05, 0.1) is 23.1 Å². The zero-order chi connectivity index (χ0) is 18.8. The summed E-state index contributed by atoms with van der Waals surface area (Å²) in [6, 6.07) is 14.0. The first kappa shape index (κ1) is 17.2. The van der Waals surface area contributed by atoms with Gasteiger partial charge in [-0.3, -0.25) is 10.1 Å². The Kier molecular flexibility index (Phi) is 4.59. The highest BCUT2D eigenvalue weighted by Gasteiger charge is 2.12. The van der Waals surface area contributed by atoms with Gasteiger partial charge in [0.25, 0.3) is 5.69 Å². The standard InChI is InChI=1S/C18H15N5O3S/c1-12-19-17-15-7-2-3-8-16(15)20-18(22(17)21-12)27-10-9-26-14-6-4-5-13(11-14)23(24)25/h2-8,11H,9-10H2,1H3. The molecule has 2 aromatic heterocycles. The number of fused-ring (bicyclic) bond motifs is 3. The number of aromatic nitrogens is 4. The summed E-state index contributed by atoms with van der Waals surface area (Å²) in [6.45, 7) is 2.23. The molecule has 2 heterocycles. The topological polar surface area (TPSA) is 95.5 Å². The fourth-order valence-electron chi connectivity index (χ4n) is 2.71. The van der Waals surface area contributed by atoms with Gasteiger partial charge in [-0.1, -0.05) is 30.0 Å². The van der Waals surface area contributed by atoms with Crippen LogP contribution in [0.1, 0.15) is 5.82 Å². The molecule has 0 N–H and O–H groups in total. The number of aryl methyl sites for hydroxylation is 1. The van der Waals surface area contributed by atoms with Crippen molar-refractivity contribution < 1.29 is 9.66 Å². The molecular formula is C18H15N5O3S. The molecule has 0 bridgehead atoms. The Hall–Kier alpha value is -3.20. The van der Waals surface area contributed by atoms with Crippen LogP contribution in [-0.4, -0.2) is 36.9 Å². The number of benzene rings is 2. The molecule has 27 heavy (non-hydrogen) atoms. The maximum Gasteiger partial charge on any atom is 0.273 e. The smallest absolute Gasteiger partial charge is 0.273 e. The van der Waals surface area contributed by atoms with Gasteiger partial charge in [0.15, 0.2) is 10.8 Å². The molecule has 9 heteroatoms. The largest absolute Gasteiger partial charge is 0.492 e. The second-order valence-corrected chi connectivity index (χ2v) is 6.82. The van der Waals surface area contributed by atoms with Crippen molar-refractivity contribution >= 4 is 34.0 Å². The summed E-state index contributed by atoms with van der Waals surface area (Å²) in [6.07, 6.45) is 0. The average molecular weight is 381 g/mol. The molecule has 2 aromatic carbocycles. The van der Waals surface area contributed by atoms with E-state index in [0.29, 0.717) is 23.9 Å². The van der Waals surface area contributed by atoms with Crippen LogP contribution >= 0.6 is 11.8 Å². The summed E-state index contributed by atoms with van der Waals surface area (Å²) in [5.41, 5.74) is 1.65. The third-order valence-electron chi connectivity index (χ3n) is 3.87. The molecule has 0 fully saturated rings. The summed E-state index contributed by atoms with van der Waals surface area (Å²) in [4.78, 5) is 19.6. The SMILES string of the molecule is Cc1nc2c3ccccc3nc(SCCOc3cccc([N+](=O)[O-])c3)n2n1. The van der Waals surface area contributed by atoms with E-state index < -0.39 is 4.92 Å². The van der Waals surface area contributed by atoms with Gasteiger partial charge in [0.1, 0.15) is 11.6 Å².